The second-order valence-electron chi connectivity index (χ2n) is 7.71. The summed E-state index contributed by atoms with van der Waals surface area (Å²) in [4.78, 5) is 24.1. The molecule has 34 heavy (non-hydrogen) atoms. The van der Waals surface area contributed by atoms with Crippen LogP contribution < -0.4 is 14.9 Å². The van der Waals surface area contributed by atoms with Gasteiger partial charge in [-0.05, 0) is 36.2 Å². The Morgan fingerprint density at radius 1 is 1.12 bits per heavy atom. The number of halogens is 1. The quantitative estimate of drug-likeness (QED) is 0.437. The predicted molar refractivity (Wildman–Crippen MR) is 127 cm³/mol. The van der Waals surface area contributed by atoms with E-state index in [1.807, 2.05) is 6.92 Å². The van der Waals surface area contributed by atoms with Gasteiger partial charge in [0.1, 0.15) is 17.3 Å². The number of hydrogen-bond acceptors (Lipinski definition) is 6. The average molecular weight is 492 g/mol. The molecule has 0 unspecified atom stereocenters. The van der Waals surface area contributed by atoms with Crippen molar-refractivity contribution < 1.29 is 32.2 Å². The number of carbonyl (C=O) groups is 1. The Kier molecular flexibility index (Phi) is 7.93. The molecule has 182 valence electrons. The van der Waals surface area contributed by atoms with Gasteiger partial charge < -0.3 is 19.1 Å². The maximum absolute atomic E-state index is 15.0. The first-order chi connectivity index (χ1) is 16.2. The SMILES string of the molecule is CCCOc1ccc(F)c2c(=O)c(-c3ccc(OC)cc3)cn(CCS(=O)(=O)CCC(=O)O)c12. The number of aliphatic carboxylic acids is 1. The van der Waals surface area contributed by atoms with Gasteiger partial charge in [0.15, 0.2) is 15.3 Å². The van der Waals surface area contributed by atoms with Crippen molar-refractivity contribution in [1.29, 1.82) is 0 Å². The summed E-state index contributed by atoms with van der Waals surface area (Å²) in [7, 11) is -2.20. The molecule has 0 saturated heterocycles. The summed E-state index contributed by atoms with van der Waals surface area (Å²) in [6.07, 6.45) is 1.65. The van der Waals surface area contributed by atoms with E-state index in [0.29, 0.717) is 24.3 Å². The average Bonchev–Trinajstić information content (AvgIpc) is 2.82. The molecule has 0 bridgehead atoms. The van der Waals surface area contributed by atoms with E-state index in [0.717, 1.165) is 6.07 Å². The summed E-state index contributed by atoms with van der Waals surface area (Å²) < 4.78 is 52.1. The fourth-order valence-electron chi connectivity index (χ4n) is 3.53. The molecule has 0 aliphatic heterocycles. The van der Waals surface area contributed by atoms with E-state index in [2.05, 4.69) is 0 Å². The first-order valence-corrected chi connectivity index (χ1v) is 12.5. The molecule has 0 saturated carbocycles. The molecular formula is C24H26FNO7S. The van der Waals surface area contributed by atoms with Crippen molar-refractivity contribution in [3.63, 3.8) is 0 Å². The van der Waals surface area contributed by atoms with Crippen LogP contribution in [-0.2, 0) is 21.2 Å². The number of rotatable bonds is 11. The lowest BCUT2D eigenvalue weighted by atomic mass is 10.0. The third-order valence-corrected chi connectivity index (χ3v) is 6.90. The van der Waals surface area contributed by atoms with Crippen LogP contribution in [0.4, 0.5) is 4.39 Å². The highest BCUT2D eigenvalue weighted by atomic mass is 32.2. The lowest BCUT2D eigenvalue weighted by Gasteiger charge is -2.18. The van der Waals surface area contributed by atoms with Crippen LogP contribution in [0, 0.1) is 5.82 Å². The third kappa shape index (κ3) is 5.74. The molecule has 0 atom stereocenters. The van der Waals surface area contributed by atoms with Crippen molar-refractivity contribution in [3.05, 3.63) is 58.6 Å². The molecule has 0 spiro atoms. The fraction of sp³-hybridized carbons (Fsp3) is 0.333. The minimum atomic E-state index is -3.71. The van der Waals surface area contributed by atoms with Gasteiger partial charge in [0.25, 0.3) is 0 Å². The standard InChI is InChI=1S/C24H26FNO7S/c1-3-12-33-20-9-8-19(25)22-23(20)26(11-14-34(30,31)13-10-21(27)28)15-18(24(22)29)16-4-6-17(32-2)7-5-16/h4-9,15H,3,10-14H2,1-2H3,(H,27,28). The zero-order valence-corrected chi connectivity index (χ0v) is 19.7. The summed E-state index contributed by atoms with van der Waals surface area (Å²) in [5, 5.41) is 8.61. The molecule has 8 nitrogen and oxygen atoms in total. The number of carboxylic acids is 1. The monoisotopic (exact) mass is 491 g/mol. The molecule has 0 fully saturated rings. The number of methoxy groups -OCH3 is 1. The van der Waals surface area contributed by atoms with Crippen LogP contribution in [0.3, 0.4) is 0 Å². The Hall–Kier alpha value is -3.40. The second kappa shape index (κ2) is 10.7. The Morgan fingerprint density at radius 2 is 1.82 bits per heavy atom. The van der Waals surface area contributed by atoms with Crippen LogP contribution >= 0.6 is 0 Å². The molecule has 0 radical (unpaired) electrons. The topological polar surface area (TPSA) is 112 Å². The molecule has 0 aliphatic rings. The van der Waals surface area contributed by atoms with Crippen molar-refractivity contribution in [2.75, 3.05) is 25.2 Å². The molecule has 1 aromatic heterocycles. The first kappa shape index (κ1) is 25.2. The van der Waals surface area contributed by atoms with Crippen LogP contribution in [0.2, 0.25) is 0 Å². The number of aromatic nitrogens is 1. The van der Waals surface area contributed by atoms with Gasteiger partial charge in [0.2, 0.25) is 0 Å². The molecule has 0 amide bonds. The van der Waals surface area contributed by atoms with Crippen LogP contribution in [0.25, 0.3) is 22.0 Å². The largest absolute Gasteiger partial charge is 0.497 e. The molecule has 1 N–H and O–H groups in total. The predicted octanol–water partition coefficient (Wildman–Crippen LogP) is 3.49. The highest BCUT2D eigenvalue weighted by Gasteiger charge is 2.20. The molecule has 10 heteroatoms. The first-order valence-electron chi connectivity index (χ1n) is 10.7. The maximum Gasteiger partial charge on any atom is 0.304 e. The number of carboxylic acid groups (broad SMARTS) is 1. The van der Waals surface area contributed by atoms with Gasteiger partial charge in [-0.25, -0.2) is 12.8 Å². The van der Waals surface area contributed by atoms with Gasteiger partial charge in [0, 0.05) is 18.3 Å². The van der Waals surface area contributed by atoms with Crippen LogP contribution in [0.5, 0.6) is 11.5 Å². The summed E-state index contributed by atoms with van der Waals surface area (Å²) in [5.41, 5.74) is 0.299. The lowest BCUT2D eigenvalue weighted by Crippen LogP contribution is -2.21. The zero-order chi connectivity index (χ0) is 24.9. The Morgan fingerprint density at radius 3 is 2.44 bits per heavy atom. The number of fused-ring (bicyclic) bond motifs is 1. The smallest absolute Gasteiger partial charge is 0.304 e. The Labute approximate surface area is 196 Å². The second-order valence-corrected chi connectivity index (χ2v) is 10.0. The van der Waals surface area contributed by atoms with E-state index in [-0.39, 0.29) is 34.5 Å². The van der Waals surface area contributed by atoms with Crippen LogP contribution in [0.1, 0.15) is 19.8 Å². The van der Waals surface area contributed by atoms with Gasteiger partial charge in [0.05, 0.1) is 42.5 Å². The molecular weight excluding hydrogens is 465 g/mol. The number of benzene rings is 2. The van der Waals surface area contributed by atoms with Crippen molar-refractivity contribution in [2.24, 2.45) is 0 Å². The van der Waals surface area contributed by atoms with Crippen molar-refractivity contribution >= 4 is 26.7 Å². The number of hydrogen-bond donors (Lipinski definition) is 1. The Bertz CT molecular complexity index is 1350. The van der Waals surface area contributed by atoms with Crippen molar-refractivity contribution in [1.82, 2.24) is 4.57 Å². The molecule has 0 aliphatic carbocycles. The van der Waals surface area contributed by atoms with Gasteiger partial charge in [-0.1, -0.05) is 19.1 Å². The number of nitrogens with zero attached hydrogens (tertiary/aromatic N) is 1. The normalized spacial score (nSPS) is 11.5. The molecule has 1 heterocycles. The van der Waals surface area contributed by atoms with Gasteiger partial charge in [-0.2, -0.15) is 0 Å². The number of aryl methyl sites for hydroxylation is 1. The zero-order valence-electron chi connectivity index (χ0n) is 18.9. The van der Waals surface area contributed by atoms with E-state index < -0.39 is 39.2 Å². The Balaban J connectivity index is 2.18. The number of pyridine rings is 1. The fourth-order valence-corrected chi connectivity index (χ4v) is 4.69. The van der Waals surface area contributed by atoms with Gasteiger partial charge >= 0.3 is 5.97 Å². The number of ether oxygens (including phenoxy) is 2. The third-order valence-electron chi connectivity index (χ3n) is 5.27. The van der Waals surface area contributed by atoms with E-state index in [4.69, 9.17) is 14.6 Å². The summed E-state index contributed by atoms with van der Waals surface area (Å²) in [5.74, 6) is -2.02. The maximum atomic E-state index is 15.0. The van der Waals surface area contributed by atoms with Gasteiger partial charge in [-0.3, -0.25) is 9.59 Å². The minimum Gasteiger partial charge on any atom is -0.497 e. The summed E-state index contributed by atoms with van der Waals surface area (Å²) in [6.45, 7) is 2.11. The highest BCUT2D eigenvalue weighted by molar-refractivity contribution is 7.91. The van der Waals surface area contributed by atoms with Crippen LogP contribution in [-0.4, -0.2) is 49.3 Å². The van der Waals surface area contributed by atoms with Crippen LogP contribution in [0.15, 0.2) is 47.4 Å². The van der Waals surface area contributed by atoms with Gasteiger partial charge in [-0.15, -0.1) is 0 Å². The molecule has 3 rings (SSSR count). The lowest BCUT2D eigenvalue weighted by molar-refractivity contribution is -0.136. The number of sulfone groups is 1. The van der Waals surface area contributed by atoms with E-state index in [1.54, 1.807) is 24.3 Å². The van der Waals surface area contributed by atoms with Crippen molar-refractivity contribution in [2.45, 2.75) is 26.3 Å². The minimum absolute atomic E-state index is 0.117. The van der Waals surface area contributed by atoms with E-state index in [1.165, 1.54) is 23.9 Å². The highest BCUT2D eigenvalue weighted by Crippen LogP contribution is 2.30. The summed E-state index contributed by atoms with van der Waals surface area (Å²) >= 11 is 0. The summed E-state index contributed by atoms with van der Waals surface area (Å²) in [6, 6.07) is 9.21. The molecule has 2 aromatic carbocycles. The van der Waals surface area contributed by atoms with E-state index >= 15 is 0 Å². The molecule has 3 aromatic rings. The van der Waals surface area contributed by atoms with E-state index in [9.17, 15) is 22.4 Å². The van der Waals surface area contributed by atoms with Crippen molar-refractivity contribution in [3.8, 4) is 22.6 Å².